The van der Waals surface area contributed by atoms with Crippen LogP contribution in [0.25, 0.3) is 6.08 Å². The molecule has 3 rings (SSSR count). The van der Waals surface area contributed by atoms with Crippen LogP contribution < -0.4 is 0 Å². The minimum absolute atomic E-state index is 0.0492. The van der Waals surface area contributed by atoms with Gasteiger partial charge in [0.15, 0.2) is 0 Å². The van der Waals surface area contributed by atoms with Gasteiger partial charge in [-0.1, -0.05) is 17.8 Å². The molecule has 1 aromatic rings. The third-order valence-corrected chi connectivity index (χ3v) is 4.28. The molecule has 0 aromatic carbocycles. The maximum atomic E-state index is 12.4. The van der Waals surface area contributed by atoms with Crippen LogP contribution in [0.3, 0.4) is 0 Å². The van der Waals surface area contributed by atoms with Crippen LogP contribution >= 0.6 is 0 Å². The SMILES string of the molecule is C=CC(=O)N1CC2(CC(/C=C\c3cc(C(F)(F)F)on3)C2)C1. The number of alkyl halides is 3. The second kappa shape index (κ2) is 5.00. The lowest BCUT2D eigenvalue weighted by Gasteiger charge is -2.58. The molecule has 2 fully saturated rings. The Morgan fingerprint density at radius 2 is 2.14 bits per heavy atom. The number of amides is 1. The summed E-state index contributed by atoms with van der Waals surface area (Å²) in [7, 11) is 0. The van der Waals surface area contributed by atoms with Crippen LogP contribution in [0, 0.1) is 11.3 Å². The maximum Gasteiger partial charge on any atom is 0.452 e. The van der Waals surface area contributed by atoms with Crippen molar-refractivity contribution in [1.82, 2.24) is 10.1 Å². The molecule has 1 saturated carbocycles. The summed E-state index contributed by atoms with van der Waals surface area (Å²) in [5.74, 6) is -0.825. The number of hydrogen-bond acceptors (Lipinski definition) is 3. The largest absolute Gasteiger partial charge is 0.452 e. The highest BCUT2D eigenvalue weighted by Crippen LogP contribution is 2.52. The summed E-state index contributed by atoms with van der Waals surface area (Å²) in [4.78, 5) is 13.1. The standard InChI is InChI=1S/C15H15F3N2O2/c1-2-13(21)20-8-14(9-20)6-10(7-14)3-4-11-5-12(22-19-11)15(16,17)18/h2-5,10H,1,6-9H2/b4-3-. The number of aromatic nitrogens is 1. The zero-order chi connectivity index (χ0) is 16.0. The highest BCUT2D eigenvalue weighted by atomic mass is 19.4. The van der Waals surface area contributed by atoms with E-state index >= 15 is 0 Å². The molecule has 0 N–H and O–H groups in total. The molecule has 7 heteroatoms. The predicted octanol–water partition coefficient (Wildman–Crippen LogP) is 3.13. The predicted molar refractivity (Wildman–Crippen MR) is 72.5 cm³/mol. The molecular weight excluding hydrogens is 297 g/mol. The van der Waals surface area contributed by atoms with Crippen LogP contribution in [0.1, 0.15) is 24.3 Å². The number of allylic oxidation sites excluding steroid dienone is 1. The summed E-state index contributed by atoms with van der Waals surface area (Å²) in [6, 6.07) is 0.888. The molecule has 1 aliphatic heterocycles. The maximum absolute atomic E-state index is 12.4. The first kappa shape index (κ1) is 14.9. The van der Waals surface area contributed by atoms with Gasteiger partial charge >= 0.3 is 6.18 Å². The Bertz CT molecular complexity index is 619. The fourth-order valence-corrected chi connectivity index (χ4v) is 3.23. The summed E-state index contributed by atoms with van der Waals surface area (Å²) >= 11 is 0. The Balaban J connectivity index is 1.50. The van der Waals surface area contributed by atoms with Crippen molar-refractivity contribution in [2.75, 3.05) is 13.1 Å². The Labute approximate surface area is 125 Å². The fourth-order valence-electron chi connectivity index (χ4n) is 3.23. The smallest absolute Gasteiger partial charge is 0.351 e. The van der Waals surface area contributed by atoms with Gasteiger partial charge in [0.1, 0.15) is 5.69 Å². The Hall–Kier alpha value is -2.05. The number of likely N-dealkylation sites (tertiary alicyclic amines) is 1. The molecule has 0 unspecified atom stereocenters. The topological polar surface area (TPSA) is 46.3 Å². The third-order valence-electron chi connectivity index (χ3n) is 4.28. The van der Waals surface area contributed by atoms with E-state index in [1.54, 1.807) is 11.0 Å². The molecule has 0 radical (unpaired) electrons. The summed E-state index contributed by atoms with van der Waals surface area (Å²) in [6.45, 7) is 4.93. The number of carbonyl (C=O) groups is 1. The Kier molecular flexibility index (Phi) is 3.38. The van der Waals surface area contributed by atoms with Crippen molar-refractivity contribution in [3.8, 4) is 0 Å². The van der Waals surface area contributed by atoms with Gasteiger partial charge in [-0.25, -0.2) is 0 Å². The van der Waals surface area contributed by atoms with Gasteiger partial charge in [-0.3, -0.25) is 4.79 Å². The average molecular weight is 312 g/mol. The third kappa shape index (κ3) is 2.67. The van der Waals surface area contributed by atoms with Crippen LogP contribution in [0.15, 0.2) is 29.3 Å². The van der Waals surface area contributed by atoms with Crippen molar-refractivity contribution >= 4 is 12.0 Å². The zero-order valence-electron chi connectivity index (χ0n) is 11.8. The molecule has 1 amide bonds. The van der Waals surface area contributed by atoms with E-state index in [9.17, 15) is 18.0 Å². The average Bonchev–Trinajstić information content (AvgIpc) is 2.83. The van der Waals surface area contributed by atoms with E-state index in [1.807, 2.05) is 6.08 Å². The van der Waals surface area contributed by atoms with Crippen molar-refractivity contribution in [2.24, 2.45) is 11.3 Å². The summed E-state index contributed by atoms with van der Waals surface area (Å²) in [5.41, 5.74) is 0.361. The Morgan fingerprint density at radius 3 is 2.68 bits per heavy atom. The lowest BCUT2D eigenvalue weighted by atomic mass is 9.57. The van der Waals surface area contributed by atoms with Gasteiger partial charge in [-0.2, -0.15) is 13.2 Å². The normalized spacial score (nSPS) is 21.0. The van der Waals surface area contributed by atoms with Crippen molar-refractivity contribution in [3.05, 3.63) is 36.3 Å². The monoisotopic (exact) mass is 312 g/mol. The first-order valence-electron chi connectivity index (χ1n) is 6.95. The molecular formula is C15H15F3N2O2. The van der Waals surface area contributed by atoms with Gasteiger partial charge in [-0.15, -0.1) is 0 Å². The number of rotatable bonds is 3. The van der Waals surface area contributed by atoms with E-state index in [-0.39, 0.29) is 17.0 Å². The first-order chi connectivity index (χ1) is 10.3. The van der Waals surface area contributed by atoms with Crippen LogP contribution in [0.4, 0.5) is 13.2 Å². The van der Waals surface area contributed by atoms with Gasteiger partial charge in [0.2, 0.25) is 11.7 Å². The minimum Gasteiger partial charge on any atom is -0.351 e. The summed E-state index contributed by atoms with van der Waals surface area (Å²) in [6.07, 6.45) is 2.10. The lowest BCUT2D eigenvalue weighted by Crippen LogP contribution is -2.63. The summed E-state index contributed by atoms with van der Waals surface area (Å²) in [5, 5.41) is 3.38. The van der Waals surface area contributed by atoms with E-state index < -0.39 is 11.9 Å². The molecule has 1 aromatic heterocycles. The van der Waals surface area contributed by atoms with E-state index in [4.69, 9.17) is 0 Å². The van der Waals surface area contributed by atoms with Crippen molar-refractivity contribution < 1.29 is 22.5 Å². The molecule has 1 saturated heterocycles. The van der Waals surface area contributed by atoms with Gasteiger partial charge in [0.05, 0.1) is 0 Å². The molecule has 1 spiro atoms. The molecule has 118 valence electrons. The summed E-state index contributed by atoms with van der Waals surface area (Å²) < 4.78 is 41.4. The first-order valence-corrected chi connectivity index (χ1v) is 6.95. The molecule has 0 atom stereocenters. The molecule has 0 bridgehead atoms. The van der Waals surface area contributed by atoms with E-state index in [1.165, 1.54) is 6.08 Å². The number of halogens is 3. The van der Waals surface area contributed by atoms with Gasteiger partial charge < -0.3 is 9.42 Å². The second-order valence-corrected chi connectivity index (χ2v) is 6.04. The molecule has 2 aliphatic rings. The van der Waals surface area contributed by atoms with E-state index in [0.717, 1.165) is 32.0 Å². The van der Waals surface area contributed by atoms with Gasteiger partial charge in [0, 0.05) is 24.6 Å². The van der Waals surface area contributed by atoms with E-state index in [0.29, 0.717) is 5.92 Å². The van der Waals surface area contributed by atoms with Crippen LogP contribution in [0.2, 0.25) is 0 Å². The van der Waals surface area contributed by atoms with Gasteiger partial charge in [0.25, 0.3) is 0 Å². The van der Waals surface area contributed by atoms with Crippen molar-refractivity contribution in [2.45, 2.75) is 19.0 Å². The highest BCUT2D eigenvalue weighted by molar-refractivity contribution is 5.87. The molecule has 22 heavy (non-hydrogen) atoms. The van der Waals surface area contributed by atoms with Crippen LogP contribution in [-0.4, -0.2) is 29.1 Å². The number of nitrogens with zero attached hydrogens (tertiary/aromatic N) is 2. The van der Waals surface area contributed by atoms with Crippen molar-refractivity contribution in [3.63, 3.8) is 0 Å². The minimum atomic E-state index is -4.51. The van der Waals surface area contributed by atoms with E-state index in [2.05, 4.69) is 16.3 Å². The quantitative estimate of drug-likeness (QED) is 0.806. The molecule has 4 nitrogen and oxygen atoms in total. The Morgan fingerprint density at radius 1 is 1.45 bits per heavy atom. The molecule has 2 heterocycles. The fraction of sp³-hybridized carbons (Fsp3) is 0.467. The highest BCUT2D eigenvalue weighted by Gasteiger charge is 2.52. The van der Waals surface area contributed by atoms with Crippen LogP contribution in [0.5, 0.6) is 0 Å². The number of carbonyl (C=O) groups excluding carboxylic acids is 1. The lowest BCUT2D eigenvalue weighted by molar-refractivity contribution is -0.155. The zero-order valence-corrected chi connectivity index (χ0v) is 11.8. The second-order valence-electron chi connectivity index (χ2n) is 6.04. The van der Waals surface area contributed by atoms with Crippen LogP contribution in [-0.2, 0) is 11.0 Å². The van der Waals surface area contributed by atoms with Crippen molar-refractivity contribution in [1.29, 1.82) is 0 Å². The molecule has 1 aliphatic carbocycles. The van der Waals surface area contributed by atoms with Gasteiger partial charge in [-0.05, 0) is 30.9 Å². The number of hydrogen-bond donors (Lipinski definition) is 0.